The number of piperazine rings is 1. The molecule has 1 aromatic heterocycles. The molecule has 1 aliphatic rings. The third kappa shape index (κ3) is 4.14. The van der Waals surface area contributed by atoms with Crippen molar-refractivity contribution in [3.8, 4) is 0 Å². The maximum atomic E-state index is 12.6. The van der Waals surface area contributed by atoms with Crippen molar-refractivity contribution in [1.29, 1.82) is 0 Å². The van der Waals surface area contributed by atoms with Gasteiger partial charge in [0.25, 0.3) is 0 Å². The van der Waals surface area contributed by atoms with Gasteiger partial charge in [-0.1, -0.05) is 0 Å². The molecule has 0 radical (unpaired) electrons. The number of rotatable bonds is 6. The van der Waals surface area contributed by atoms with Gasteiger partial charge >= 0.3 is 0 Å². The summed E-state index contributed by atoms with van der Waals surface area (Å²) in [6, 6.07) is -0.141. The molecule has 0 spiro atoms. The lowest BCUT2D eigenvalue weighted by molar-refractivity contribution is -0.139. The minimum Gasteiger partial charge on any atom is -0.353 e. The van der Waals surface area contributed by atoms with E-state index in [1.165, 1.54) is 0 Å². The van der Waals surface area contributed by atoms with E-state index in [1.54, 1.807) is 11.9 Å². The number of aromatic nitrogens is 2. The van der Waals surface area contributed by atoms with Crippen LogP contribution in [-0.2, 0) is 22.7 Å². The molecule has 2 heterocycles. The van der Waals surface area contributed by atoms with Crippen LogP contribution in [0.5, 0.6) is 0 Å². The van der Waals surface area contributed by atoms with Crippen LogP contribution in [-0.4, -0.2) is 63.6 Å². The minimum absolute atomic E-state index is 0.0219. The fraction of sp³-hybridized carbons (Fsp3) is 0.706. The Morgan fingerprint density at radius 1 is 1.50 bits per heavy atom. The van der Waals surface area contributed by atoms with Crippen LogP contribution >= 0.6 is 0 Å². The standard InChI is InChI=1S/C17H29N5O2/c1-6-21-11-14(13(4)19-21)10-20(5)16(23)9-15-17(24)18-7-8-22(15)12(2)3/h11-12,15H,6-10H2,1-5H3,(H,18,24). The van der Waals surface area contributed by atoms with Gasteiger partial charge in [-0.2, -0.15) is 5.10 Å². The first kappa shape index (κ1) is 18.4. The lowest BCUT2D eigenvalue weighted by atomic mass is 10.1. The molecule has 0 aliphatic carbocycles. The van der Waals surface area contributed by atoms with Crippen LogP contribution in [0.15, 0.2) is 6.20 Å². The third-order valence-corrected chi connectivity index (χ3v) is 4.61. The molecule has 1 atom stereocenters. The zero-order chi connectivity index (χ0) is 17.9. The third-order valence-electron chi connectivity index (χ3n) is 4.61. The lowest BCUT2D eigenvalue weighted by Crippen LogP contribution is -2.58. The summed E-state index contributed by atoms with van der Waals surface area (Å²) in [7, 11) is 1.78. The Labute approximate surface area is 144 Å². The molecule has 0 bridgehead atoms. The summed E-state index contributed by atoms with van der Waals surface area (Å²) in [6.45, 7) is 10.9. The highest BCUT2D eigenvalue weighted by atomic mass is 16.2. The van der Waals surface area contributed by atoms with Crippen molar-refractivity contribution in [3.05, 3.63) is 17.5 Å². The molecule has 0 saturated carbocycles. The van der Waals surface area contributed by atoms with Crippen LogP contribution in [0, 0.1) is 6.92 Å². The van der Waals surface area contributed by atoms with Crippen molar-refractivity contribution < 1.29 is 9.59 Å². The van der Waals surface area contributed by atoms with E-state index >= 15 is 0 Å². The summed E-state index contributed by atoms with van der Waals surface area (Å²) in [5.74, 6) is -0.0713. The van der Waals surface area contributed by atoms with Crippen LogP contribution in [0.2, 0.25) is 0 Å². The lowest BCUT2D eigenvalue weighted by Gasteiger charge is -2.38. The van der Waals surface area contributed by atoms with Gasteiger partial charge in [-0.15, -0.1) is 0 Å². The second kappa shape index (κ2) is 7.79. The van der Waals surface area contributed by atoms with Crippen LogP contribution in [0.1, 0.15) is 38.4 Å². The Bertz CT molecular complexity index is 596. The fourth-order valence-electron chi connectivity index (χ4n) is 3.10. The fourth-order valence-corrected chi connectivity index (χ4v) is 3.10. The molecule has 134 valence electrons. The summed E-state index contributed by atoms with van der Waals surface area (Å²) < 4.78 is 1.87. The number of hydrogen-bond donors (Lipinski definition) is 1. The maximum absolute atomic E-state index is 12.6. The van der Waals surface area contributed by atoms with Gasteiger partial charge in [0.15, 0.2) is 0 Å². The molecule has 7 nitrogen and oxygen atoms in total. The second-order valence-electron chi connectivity index (χ2n) is 6.69. The van der Waals surface area contributed by atoms with Crippen molar-refractivity contribution in [1.82, 2.24) is 24.9 Å². The molecule has 1 aromatic rings. The van der Waals surface area contributed by atoms with E-state index in [-0.39, 0.29) is 30.3 Å². The normalized spacial score (nSPS) is 18.8. The van der Waals surface area contributed by atoms with E-state index in [1.807, 2.05) is 24.7 Å². The van der Waals surface area contributed by atoms with Crippen LogP contribution in [0.3, 0.4) is 0 Å². The number of carbonyl (C=O) groups is 2. The molecule has 24 heavy (non-hydrogen) atoms. The first-order chi connectivity index (χ1) is 11.3. The van der Waals surface area contributed by atoms with E-state index in [2.05, 4.69) is 29.2 Å². The van der Waals surface area contributed by atoms with E-state index in [4.69, 9.17) is 0 Å². The van der Waals surface area contributed by atoms with Crippen molar-refractivity contribution in [2.45, 2.75) is 59.3 Å². The van der Waals surface area contributed by atoms with E-state index in [9.17, 15) is 9.59 Å². The first-order valence-electron chi connectivity index (χ1n) is 8.63. The highest BCUT2D eigenvalue weighted by Gasteiger charge is 2.33. The number of hydrogen-bond acceptors (Lipinski definition) is 4. The van der Waals surface area contributed by atoms with Crippen molar-refractivity contribution in [2.24, 2.45) is 0 Å². The average molecular weight is 335 g/mol. The second-order valence-corrected chi connectivity index (χ2v) is 6.69. The largest absolute Gasteiger partial charge is 0.353 e. The average Bonchev–Trinajstić information content (AvgIpc) is 2.89. The van der Waals surface area contributed by atoms with Crippen molar-refractivity contribution >= 4 is 11.8 Å². The molecule has 2 rings (SSSR count). The van der Waals surface area contributed by atoms with Gasteiger partial charge in [0, 0.05) is 51.0 Å². The predicted octanol–water partition coefficient (Wildman–Crippen LogP) is 0.769. The molecule has 0 aromatic carbocycles. The predicted molar refractivity (Wildman–Crippen MR) is 92.4 cm³/mol. The highest BCUT2D eigenvalue weighted by Crippen LogP contribution is 2.15. The van der Waals surface area contributed by atoms with Gasteiger partial charge in [0.2, 0.25) is 11.8 Å². The first-order valence-corrected chi connectivity index (χ1v) is 8.63. The molecule has 1 saturated heterocycles. The Hall–Kier alpha value is -1.89. The molecule has 1 fully saturated rings. The highest BCUT2D eigenvalue weighted by molar-refractivity contribution is 5.88. The minimum atomic E-state index is -0.381. The quantitative estimate of drug-likeness (QED) is 0.834. The molecule has 7 heteroatoms. The van der Waals surface area contributed by atoms with E-state index in [0.717, 1.165) is 24.3 Å². The number of carbonyl (C=O) groups excluding carboxylic acids is 2. The van der Waals surface area contributed by atoms with Gasteiger partial charge in [-0.3, -0.25) is 19.2 Å². The van der Waals surface area contributed by atoms with Crippen molar-refractivity contribution in [3.63, 3.8) is 0 Å². The van der Waals surface area contributed by atoms with Gasteiger partial charge in [0.1, 0.15) is 0 Å². The topological polar surface area (TPSA) is 70.5 Å². The Morgan fingerprint density at radius 2 is 2.21 bits per heavy atom. The summed E-state index contributed by atoms with van der Waals surface area (Å²) in [4.78, 5) is 28.6. The van der Waals surface area contributed by atoms with E-state index in [0.29, 0.717) is 13.1 Å². The molecular weight excluding hydrogens is 306 g/mol. The van der Waals surface area contributed by atoms with E-state index < -0.39 is 0 Å². The number of aryl methyl sites for hydroxylation is 2. The zero-order valence-corrected chi connectivity index (χ0v) is 15.4. The number of nitrogens with one attached hydrogen (secondary N) is 1. The summed E-state index contributed by atoms with van der Waals surface area (Å²) >= 11 is 0. The van der Waals surface area contributed by atoms with Gasteiger partial charge < -0.3 is 10.2 Å². The molecule has 1 unspecified atom stereocenters. The number of nitrogens with zero attached hydrogens (tertiary/aromatic N) is 4. The molecule has 1 aliphatic heterocycles. The number of amides is 2. The monoisotopic (exact) mass is 335 g/mol. The van der Waals surface area contributed by atoms with Crippen LogP contribution in [0.25, 0.3) is 0 Å². The molecule has 1 N–H and O–H groups in total. The smallest absolute Gasteiger partial charge is 0.237 e. The van der Waals surface area contributed by atoms with Gasteiger partial charge in [-0.05, 0) is 27.7 Å². The Balaban J connectivity index is 2.01. The van der Waals surface area contributed by atoms with Gasteiger partial charge in [0.05, 0.1) is 18.2 Å². The SMILES string of the molecule is CCn1cc(CN(C)C(=O)CC2C(=O)NCCN2C(C)C)c(C)n1. The summed E-state index contributed by atoms with van der Waals surface area (Å²) in [5, 5.41) is 7.28. The van der Waals surface area contributed by atoms with Crippen LogP contribution < -0.4 is 5.32 Å². The Kier molecular flexibility index (Phi) is 5.99. The summed E-state index contributed by atoms with van der Waals surface area (Å²) in [5.41, 5.74) is 1.98. The maximum Gasteiger partial charge on any atom is 0.237 e. The molecular formula is C17H29N5O2. The van der Waals surface area contributed by atoms with Crippen LogP contribution in [0.4, 0.5) is 0 Å². The molecule has 2 amide bonds. The van der Waals surface area contributed by atoms with Crippen molar-refractivity contribution in [2.75, 3.05) is 20.1 Å². The summed E-state index contributed by atoms with van der Waals surface area (Å²) in [6.07, 6.45) is 2.19. The van der Waals surface area contributed by atoms with Gasteiger partial charge in [-0.25, -0.2) is 0 Å². The Morgan fingerprint density at radius 3 is 2.79 bits per heavy atom. The zero-order valence-electron chi connectivity index (χ0n) is 15.4.